The van der Waals surface area contributed by atoms with Gasteiger partial charge >= 0.3 is 6.18 Å². The number of hydrogen-bond donors (Lipinski definition) is 0. The summed E-state index contributed by atoms with van der Waals surface area (Å²) < 4.78 is 40.1. The van der Waals surface area contributed by atoms with Gasteiger partial charge in [0.15, 0.2) is 0 Å². The minimum atomic E-state index is -4.51. The predicted octanol–water partition coefficient (Wildman–Crippen LogP) is 3.08. The van der Waals surface area contributed by atoms with E-state index in [-0.39, 0.29) is 17.3 Å². The van der Waals surface area contributed by atoms with Crippen LogP contribution in [0.25, 0.3) is 0 Å². The minimum Gasteiger partial charge on any atom is -0.369 e. The van der Waals surface area contributed by atoms with Crippen LogP contribution in [0.15, 0.2) is 36.7 Å². The zero-order valence-electron chi connectivity index (χ0n) is 13.5. The Morgan fingerprint density at radius 2 is 2.00 bits per heavy atom. The summed E-state index contributed by atoms with van der Waals surface area (Å²) in [4.78, 5) is 11.9. The van der Waals surface area contributed by atoms with Crippen LogP contribution in [0.4, 0.5) is 24.8 Å². The lowest BCUT2D eigenvalue weighted by atomic mass is 10.1. The average Bonchev–Trinajstić information content (AvgIpc) is 3.10. The first-order chi connectivity index (χ1) is 11.9. The van der Waals surface area contributed by atoms with E-state index in [1.54, 1.807) is 29.4 Å². The first kappa shape index (κ1) is 17.0. The van der Waals surface area contributed by atoms with Crippen molar-refractivity contribution < 1.29 is 13.2 Å². The van der Waals surface area contributed by atoms with Crippen LogP contribution >= 0.6 is 0 Å². The average molecular weight is 347 g/mol. The fraction of sp³-hybridized carbons (Fsp3) is 0.353. The smallest absolute Gasteiger partial charge is 0.369 e. The number of nitrogens with zero attached hydrogens (tertiary/aromatic N) is 5. The molecule has 8 heteroatoms. The third-order valence-electron chi connectivity index (χ3n) is 4.35. The van der Waals surface area contributed by atoms with Gasteiger partial charge in [-0.15, -0.1) is 0 Å². The normalized spacial score (nSPS) is 17.4. The van der Waals surface area contributed by atoms with Crippen molar-refractivity contribution in [3.63, 3.8) is 0 Å². The largest absolute Gasteiger partial charge is 0.418 e. The fourth-order valence-electron chi connectivity index (χ4n) is 3.02. The Morgan fingerprint density at radius 1 is 1.28 bits per heavy atom. The van der Waals surface area contributed by atoms with Crippen LogP contribution in [-0.4, -0.2) is 36.1 Å². The Kier molecular flexibility index (Phi) is 4.49. The Morgan fingerprint density at radius 3 is 2.64 bits per heavy atom. The van der Waals surface area contributed by atoms with Gasteiger partial charge in [0.25, 0.3) is 0 Å². The van der Waals surface area contributed by atoms with E-state index in [9.17, 15) is 13.2 Å². The lowest BCUT2D eigenvalue weighted by Crippen LogP contribution is -2.36. The molecule has 25 heavy (non-hydrogen) atoms. The lowest BCUT2D eigenvalue weighted by Gasteiger charge is -2.26. The van der Waals surface area contributed by atoms with Gasteiger partial charge in [-0.3, -0.25) is 0 Å². The van der Waals surface area contributed by atoms with E-state index in [1.807, 2.05) is 11.9 Å². The first-order valence-electron chi connectivity index (χ1n) is 7.76. The number of anilines is 2. The van der Waals surface area contributed by atoms with Crippen molar-refractivity contribution in [2.75, 3.05) is 29.9 Å². The summed E-state index contributed by atoms with van der Waals surface area (Å²) in [6.45, 7) is 0.931. The second-order valence-electron chi connectivity index (χ2n) is 5.89. The number of halogens is 3. The summed E-state index contributed by atoms with van der Waals surface area (Å²) in [5, 5.41) is 8.87. The molecule has 0 bridgehead atoms. The highest BCUT2D eigenvalue weighted by Crippen LogP contribution is 2.38. The summed E-state index contributed by atoms with van der Waals surface area (Å²) in [6, 6.07) is 7.19. The maximum Gasteiger partial charge on any atom is 0.418 e. The summed E-state index contributed by atoms with van der Waals surface area (Å²) in [6.07, 6.45) is -0.539. The molecule has 0 saturated carbocycles. The fourth-order valence-corrected chi connectivity index (χ4v) is 3.02. The van der Waals surface area contributed by atoms with Crippen molar-refractivity contribution in [1.29, 1.82) is 5.26 Å². The zero-order chi connectivity index (χ0) is 18.0. The number of hydrogen-bond acceptors (Lipinski definition) is 5. The van der Waals surface area contributed by atoms with Gasteiger partial charge in [0, 0.05) is 38.2 Å². The second-order valence-corrected chi connectivity index (χ2v) is 5.89. The van der Waals surface area contributed by atoms with E-state index in [0.29, 0.717) is 25.5 Å². The highest BCUT2D eigenvalue weighted by molar-refractivity contribution is 5.59. The van der Waals surface area contributed by atoms with E-state index in [1.165, 1.54) is 12.1 Å². The molecule has 1 aliphatic heterocycles. The Balaban J connectivity index is 1.84. The van der Waals surface area contributed by atoms with Crippen LogP contribution in [0, 0.1) is 11.3 Å². The molecule has 0 spiro atoms. The molecule has 1 atom stereocenters. The molecule has 5 nitrogen and oxygen atoms in total. The minimum absolute atomic E-state index is 0.00151. The van der Waals surface area contributed by atoms with Crippen molar-refractivity contribution in [3.8, 4) is 6.07 Å². The summed E-state index contributed by atoms with van der Waals surface area (Å²) in [7, 11) is 1.84. The van der Waals surface area contributed by atoms with Crippen LogP contribution in [0.5, 0.6) is 0 Å². The summed E-state index contributed by atoms with van der Waals surface area (Å²) >= 11 is 0. The number of benzene rings is 1. The van der Waals surface area contributed by atoms with Crippen LogP contribution < -0.4 is 9.80 Å². The Labute approximate surface area is 143 Å². The Bertz CT molecular complexity index is 785. The Hall–Kier alpha value is -2.82. The first-order valence-corrected chi connectivity index (χ1v) is 7.76. The van der Waals surface area contributed by atoms with E-state index in [2.05, 4.69) is 9.97 Å². The molecular weight excluding hydrogens is 331 g/mol. The lowest BCUT2D eigenvalue weighted by molar-refractivity contribution is -0.137. The molecule has 1 aromatic carbocycles. The number of alkyl halides is 3. The van der Waals surface area contributed by atoms with Gasteiger partial charge in [0.2, 0.25) is 5.95 Å². The quantitative estimate of drug-likeness (QED) is 0.854. The van der Waals surface area contributed by atoms with Gasteiger partial charge in [-0.05, 0) is 30.7 Å². The van der Waals surface area contributed by atoms with Crippen molar-refractivity contribution in [2.45, 2.75) is 18.6 Å². The SMILES string of the molecule is CN(c1ncccn1)C1CCN(c2ccc(C#N)cc2C(F)(F)F)C1. The second kappa shape index (κ2) is 6.59. The highest BCUT2D eigenvalue weighted by Gasteiger charge is 2.37. The summed E-state index contributed by atoms with van der Waals surface area (Å²) in [5.74, 6) is 0.547. The maximum atomic E-state index is 13.4. The van der Waals surface area contributed by atoms with Crippen LogP contribution in [0.1, 0.15) is 17.5 Å². The van der Waals surface area contributed by atoms with Crippen LogP contribution in [0.3, 0.4) is 0 Å². The van der Waals surface area contributed by atoms with Gasteiger partial charge < -0.3 is 9.80 Å². The molecule has 3 rings (SSSR count). The standard InChI is InChI=1S/C17H16F3N5/c1-24(16-22-6-2-7-23-16)13-5-8-25(11-13)15-4-3-12(10-21)9-14(15)17(18,19)20/h2-4,6-7,9,13H,5,8,11H2,1H3. The predicted molar refractivity (Wildman–Crippen MR) is 87.2 cm³/mol. The van der Waals surface area contributed by atoms with Crippen molar-refractivity contribution >= 4 is 11.6 Å². The topological polar surface area (TPSA) is 56.1 Å². The van der Waals surface area contributed by atoms with Gasteiger partial charge in [0.1, 0.15) is 0 Å². The molecule has 0 radical (unpaired) electrons. The number of aromatic nitrogens is 2. The van der Waals surface area contributed by atoms with Crippen LogP contribution in [-0.2, 0) is 6.18 Å². The zero-order valence-corrected chi connectivity index (χ0v) is 13.5. The molecule has 130 valence electrons. The highest BCUT2D eigenvalue weighted by atomic mass is 19.4. The van der Waals surface area contributed by atoms with E-state index in [4.69, 9.17) is 5.26 Å². The van der Waals surface area contributed by atoms with E-state index in [0.717, 1.165) is 6.07 Å². The van der Waals surface area contributed by atoms with Crippen molar-refractivity contribution in [2.24, 2.45) is 0 Å². The van der Waals surface area contributed by atoms with Gasteiger partial charge in [-0.25, -0.2) is 9.97 Å². The molecule has 0 amide bonds. The molecule has 1 aromatic heterocycles. The van der Waals surface area contributed by atoms with Gasteiger partial charge in [-0.1, -0.05) is 0 Å². The molecule has 1 unspecified atom stereocenters. The maximum absolute atomic E-state index is 13.4. The van der Waals surface area contributed by atoms with Gasteiger partial charge in [-0.2, -0.15) is 18.4 Å². The molecule has 1 saturated heterocycles. The third kappa shape index (κ3) is 3.50. The molecule has 2 aromatic rings. The summed E-state index contributed by atoms with van der Waals surface area (Å²) in [5.41, 5.74) is -0.663. The molecule has 2 heterocycles. The number of rotatable bonds is 3. The monoisotopic (exact) mass is 347 g/mol. The molecular formula is C17H16F3N5. The number of nitriles is 1. The van der Waals surface area contributed by atoms with E-state index >= 15 is 0 Å². The molecule has 0 aliphatic carbocycles. The molecule has 1 aliphatic rings. The third-order valence-corrected chi connectivity index (χ3v) is 4.35. The van der Waals surface area contributed by atoms with E-state index < -0.39 is 11.7 Å². The van der Waals surface area contributed by atoms with Gasteiger partial charge in [0.05, 0.1) is 23.2 Å². The van der Waals surface area contributed by atoms with Crippen molar-refractivity contribution in [3.05, 3.63) is 47.8 Å². The molecule has 0 N–H and O–H groups in total. The van der Waals surface area contributed by atoms with Crippen molar-refractivity contribution in [1.82, 2.24) is 9.97 Å². The number of likely N-dealkylation sites (N-methyl/N-ethyl adjacent to an activating group) is 1. The van der Waals surface area contributed by atoms with Crippen LogP contribution in [0.2, 0.25) is 0 Å². The molecule has 1 fully saturated rings.